The number of thiol groups is 1. The quantitative estimate of drug-likeness (QED) is 0.407. The van der Waals surface area contributed by atoms with Gasteiger partial charge in [0, 0.05) is 6.42 Å². The van der Waals surface area contributed by atoms with Crippen LogP contribution in [-0.4, -0.2) is 47.5 Å². The van der Waals surface area contributed by atoms with Gasteiger partial charge >= 0.3 is 35.8 Å². The number of hydrogen-bond donors (Lipinski definition) is 1. The molecular weight excluding hydrogens is 425 g/mol. The summed E-state index contributed by atoms with van der Waals surface area (Å²) in [6, 6.07) is 0. The molecule has 0 aromatic carbocycles. The van der Waals surface area contributed by atoms with Gasteiger partial charge in [0.25, 0.3) is 5.92 Å². The van der Waals surface area contributed by atoms with Crippen LogP contribution in [0.3, 0.4) is 0 Å². The zero-order valence-corrected chi connectivity index (χ0v) is 11.9. The van der Waals surface area contributed by atoms with Gasteiger partial charge in [0.1, 0.15) is 0 Å². The van der Waals surface area contributed by atoms with Crippen LogP contribution >= 0.6 is 12.6 Å². The van der Waals surface area contributed by atoms with E-state index in [1.807, 2.05) is 0 Å². The molecule has 16 heteroatoms. The Hall–Kier alpha value is -0.700. The predicted octanol–water partition coefficient (Wildman–Crippen LogP) is 5.68. The van der Waals surface area contributed by atoms with E-state index in [1.165, 1.54) is 0 Å². The van der Waals surface area contributed by atoms with E-state index in [4.69, 9.17) is 0 Å². The molecule has 0 nitrogen and oxygen atoms in total. The molecule has 0 N–H and O–H groups in total. The Morgan fingerprint density at radius 3 is 1.08 bits per heavy atom. The third kappa shape index (κ3) is 3.22. The number of rotatable bonds is 6. The van der Waals surface area contributed by atoms with Gasteiger partial charge < -0.3 is 0 Å². The lowest BCUT2D eigenvalue weighted by molar-refractivity contribution is -0.452. The molecule has 1 unspecified atom stereocenters. The van der Waals surface area contributed by atoms with Crippen molar-refractivity contribution in [2.75, 3.05) is 5.75 Å². The van der Waals surface area contributed by atoms with Gasteiger partial charge in [0.05, 0.1) is 0 Å². The Balaban J connectivity index is 6.76. The van der Waals surface area contributed by atoms with E-state index in [-0.39, 0.29) is 0 Å². The molecule has 152 valence electrons. The summed E-state index contributed by atoms with van der Waals surface area (Å²) in [5.41, 5.74) is -7.76. The van der Waals surface area contributed by atoms with Crippen molar-refractivity contribution >= 4 is 12.6 Å². The molecule has 25 heavy (non-hydrogen) atoms. The summed E-state index contributed by atoms with van der Waals surface area (Å²) in [7, 11) is 0. The maximum Gasteiger partial charge on any atom is 0.460 e. The normalized spacial score (nSPS) is 18.2. The first-order valence-corrected chi connectivity index (χ1v) is 6.14. The van der Waals surface area contributed by atoms with E-state index >= 15 is 0 Å². The third-order valence-electron chi connectivity index (χ3n) is 2.90. The fourth-order valence-electron chi connectivity index (χ4n) is 1.52. The van der Waals surface area contributed by atoms with Crippen molar-refractivity contribution in [2.45, 2.75) is 48.1 Å². The van der Waals surface area contributed by atoms with Gasteiger partial charge in [-0.25, -0.2) is 13.2 Å². The van der Waals surface area contributed by atoms with Crippen molar-refractivity contribution in [1.29, 1.82) is 0 Å². The summed E-state index contributed by atoms with van der Waals surface area (Å²) in [6.07, 6.45) is -17.9. The van der Waals surface area contributed by atoms with Crippen LogP contribution in [0.5, 0.6) is 0 Å². The van der Waals surface area contributed by atoms with E-state index in [9.17, 15) is 65.9 Å². The van der Waals surface area contributed by atoms with Crippen LogP contribution in [0.4, 0.5) is 65.9 Å². The molecule has 0 aromatic rings. The van der Waals surface area contributed by atoms with Crippen LogP contribution in [0.1, 0.15) is 6.42 Å². The summed E-state index contributed by atoms with van der Waals surface area (Å²) >= 11 is 2.84. The van der Waals surface area contributed by atoms with E-state index in [2.05, 4.69) is 12.6 Å². The lowest BCUT2D eigenvalue weighted by Gasteiger charge is -2.44. The predicted molar refractivity (Wildman–Crippen MR) is 54.2 cm³/mol. The molecule has 0 radical (unpaired) electrons. The molecule has 0 fully saturated rings. The Morgan fingerprint density at radius 1 is 0.480 bits per heavy atom. The molecule has 0 aromatic heterocycles. The first-order valence-electron chi connectivity index (χ1n) is 5.50. The van der Waals surface area contributed by atoms with E-state index in [0.717, 1.165) is 0 Å². The lowest BCUT2D eigenvalue weighted by Crippen LogP contribution is -2.75. The molecule has 0 aliphatic carbocycles. The van der Waals surface area contributed by atoms with Gasteiger partial charge in [-0.2, -0.15) is 65.3 Å². The first kappa shape index (κ1) is 24.3. The summed E-state index contributed by atoms with van der Waals surface area (Å²) < 4.78 is 190. The fourth-order valence-corrected chi connectivity index (χ4v) is 1.80. The summed E-state index contributed by atoms with van der Waals surface area (Å²) in [5, 5.41) is 0. The van der Waals surface area contributed by atoms with Crippen LogP contribution in [-0.2, 0) is 0 Å². The van der Waals surface area contributed by atoms with E-state index in [0.29, 0.717) is 0 Å². The van der Waals surface area contributed by atoms with E-state index < -0.39 is 53.9 Å². The molecule has 1 atom stereocenters. The molecule has 0 heterocycles. The number of alkyl halides is 15. The van der Waals surface area contributed by atoms with Crippen LogP contribution in [0.15, 0.2) is 0 Å². The van der Waals surface area contributed by atoms with Crippen molar-refractivity contribution in [3.63, 3.8) is 0 Å². The average Bonchev–Trinajstić information content (AvgIpc) is 2.33. The van der Waals surface area contributed by atoms with Gasteiger partial charge in [-0.1, -0.05) is 0 Å². The molecule has 0 aliphatic rings. The zero-order valence-electron chi connectivity index (χ0n) is 11.0. The van der Waals surface area contributed by atoms with Crippen LogP contribution < -0.4 is 0 Å². The van der Waals surface area contributed by atoms with Crippen molar-refractivity contribution in [1.82, 2.24) is 0 Å². The van der Waals surface area contributed by atoms with Gasteiger partial charge in [0.2, 0.25) is 0 Å². The van der Waals surface area contributed by atoms with Gasteiger partial charge in [0.15, 0.2) is 0 Å². The van der Waals surface area contributed by atoms with Gasteiger partial charge in [-0.3, -0.25) is 0 Å². The lowest BCUT2D eigenvalue weighted by atomic mass is 9.82. The highest BCUT2D eigenvalue weighted by molar-refractivity contribution is 7.80. The highest BCUT2D eigenvalue weighted by Gasteiger charge is 2.94. The minimum atomic E-state index is -8.22. The van der Waals surface area contributed by atoms with E-state index in [1.54, 1.807) is 0 Å². The average molecular weight is 430 g/mol. The number of halogens is 15. The second-order valence-corrected chi connectivity index (χ2v) is 5.00. The third-order valence-corrected chi connectivity index (χ3v) is 3.12. The van der Waals surface area contributed by atoms with Crippen LogP contribution in [0.2, 0.25) is 0 Å². The highest BCUT2D eigenvalue weighted by Crippen LogP contribution is 2.64. The summed E-state index contributed by atoms with van der Waals surface area (Å²) in [6.45, 7) is 0. The van der Waals surface area contributed by atoms with Crippen molar-refractivity contribution in [3.8, 4) is 0 Å². The molecule has 0 rings (SSSR count). The standard InChI is InChI=1S/C9H5F15S/c10-3(11,1-2-25)4(12,8(19,20)21)5(13,14)6(15,16)7(17,18)9(22,23)24/h25H,1-2H2. The Morgan fingerprint density at radius 2 is 0.840 bits per heavy atom. The largest absolute Gasteiger partial charge is 0.460 e. The first-order chi connectivity index (χ1) is 10.6. The fraction of sp³-hybridized carbons (Fsp3) is 1.00. The molecular formula is C9H5F15S. The van der Waals surface area contributed by atoms with Crippen molar-refractivity contribution in [2.24, 2.45) is 0 Å². The Kier molecular flexibility index (Phi) is 6.01. The molecule has 0 spiro atoms. The topological polar surface area (TPSA) is 0 Å². The van der Waals surface area contributed by atoms with Crippen LogP contribution in [0, 0.1) is 0 Å². The van der Waals surface area contributed by atoms with Gasteiger partial charge in [-0.15, -0.1) is 0 Å². The van der Waals surface area contributed by atoms with Gasteiger partial charge in [-0.05, 0) is 5.75 Å². The summed E-state index contributed by atoms with van der Waals surface area (Å²) in [4.78, 5) is 0. The van der Waals surface area contributed by atoms with Crippen LogP contribution in [0.25, 0.3) is 0 Å². The maximum atomic E-state index is 13.6. The van der Waals surface area contributed by atoms with Crippen molar-refractivity contribution in [3.05, 3.63) is 0 Å². The molecule has 0 bridgehead atoms. The second kappa shape index (κ2) is 6.18. The SMILES string of the molecule is FC(F)(F)C(F)(F)C(F)(F)C(F)(F)C(F)(C(F)(F)F)C(F)(F)CCS. The highest BCUT2D eigenvalue weighted by atomic mass is 32.1. The monoisotopic (exact) mass is 430 g/mol. The molecule has 0 aliphatic heterocycles. The smallest absolute Gasteiger partial charge is 0.220 e. The Labute approximate surface area is 133 Å². The maximum absolute atomic E-state index is 13.6. The minimum absolute atomic E-state index is 1.54. The molecule has 0 saturated carbocycles. The zero-order chi connectivity index (χ0) is 20.9. The van der Waals surface area contributed by atoms with Crippen molar-refractivity contribution < 1.29 is 65.9 Å². The second-order valence-electron chi connectivity index (χ2n) is 4.56. The molecule has 0 saturated heterocycles. The number of hydrogen-bond acceptors (Lipinski definition) is 1. The molecule has 0 amide bonds. The minimum Gasteiger partial charge on any atom is -0.220 e. The summed E-state index contributed by atoms with van der Waals surface area (Å²) in [5.74, 6) is -32.5. The Bertz CT molecular complexity index is 474.